The van der Waals surface area contributed by atoms with Crippen molar-refractivity contribution in [1.29, 1.82) is 0 Å². The van der Waals surface area contributed by atoms with Crippen molar-refractivity contribution in [3.05, 3.63) is 44.7 Å². The van der Waals surface area contributed by atoms with Gasteiger partial charge < -0.3 is 15.2 Å². The molecule has 0 saturated carbocycles. The van der Waals surface area contributed by atoms with Gasteiger partial charge in [-0.05, 0) is 26.9 Å². The fourth-order valence-corrected chi connectivity index (χ4v) is 1.63. The molecule has 0 aliphatic carbocycles. The molecule has 0 fully saturated rings. The Balaban J connectivity index is 2.55. The molecule has 18 heavy (non-hydrogen) atoms. The summed E-state index contributed by atoms with van der Waals surface area (Å²) in [7, 11) is 0. The summed E-state index contributed by atoms with van der Waals surface area (Å²) in [5.74, 6) is -1.56. The maximum atomic E-state index is 11.1. The van der Waals surface area contributed by atoms with Crippen LogP contribution in [0, 0.1) is 10.1 Å². The highest BCUT2D eigenvalue weighted by Gasteiger charge is 2.19. The zero-order chi connectivity index (χ0) is 13.3. The third kappa shape index (κ3) is 2.20. The number of hydrogen-bond donors (Lipinski definition) is 1. The molecular formula is C9H5BrN4O4. The van der Waals surface area contributed by atoms with Gasteiger partial charge in [0, 0.05) is 10.7 Å². The topological polar surface area (TPSA) is 111 Å². The molecule has 2 rings (SSSR count). The lowest BCUT2D eigenvalue weighted by molar-refractivity contribution is -0.389. The highest BCUT2D eigenvalue weighted by Crippen LogP contribution is 2.18. The van der Waals surface area contributed by atoms with Gasteiger partial charge in [0.2, 0.25) is 0 Å². The summed E-state index contributed by atoms with van der Waals surface area (Å²) >= 11 is 3.10. The van der Waals surface area contributed by atoms with Crippen molar-refractivity contribution in [1.82, 2.24) is 14.8 Å². The first-order valence-corrected chi connectivity index (χ1v) is 5.37. The number of nitro groups is 1. The number of pyridine rings is 1. The summed E-state index contributed by atoms with van der Waals surface area (Å²) in [6, 6.07) is 2.51. The molecule has 0 bridgehead atoms. The first-order valence-electron chi connectivity index (χ1n) is 4.58. The van der Waals surface area contributed by atoms with Gasteiger partial charge in [0.15, 0.2) is 5.82 Å². The van der Waals surface area contributed by atoms with E-state index in [1.165, 1.54) is 18.5 Å². The van der Waals surface area contributed by atoms with E-state index in [0.29, 0.717) is 4.47 Å². The highest BCUT2D eigenvalue weighted by atomic mass is 79.9. The number of rotatable bonds is 3. The van der Waals surface area contributed by atoms with E-state index in [-0.39, 0.29) is 17.2 Å². The van der Waals surface area contributed by atoms with Crippen LogP contribution in [-0.4, -0.2) is 30.8 Å². The summed E-state index contributed by atoms with van der Waals surface area (Å²) in [4.78, 5) is 24.8. The van der Waals surface area contributed by atoms with Gasteiger partial charge in [-0.15, -0.1) is 4.68 Å². The molecule has 0 spiro atoms. The number of carboxylic acids is 1. The Hall–Kier alpha value is -2.29. The van der Waals surface area contributed by atoms with E-state index in [4.69, 9.17) is 5.11 Å². The Labute approximate surface area is 108 Å². The van der Waals surface area contributed by atoms with E-state index in [2.05, 4.69) is 26.0 Å². The third-order valence-corrected chi connectivity index (χ3v) is 2.48. The first-order chi connectivity index (χ1) is 8.49. The lowest BCUT2D eigenvalue weighted by Gasteiger charge is -2.01. The minimum atomic E-state index is -1.20. The standard InChI is InChI=1S/C9H5BrN4O4/c10-5-3-6(9(15)16)8(11-4-5)13-2-1-7(12-13)14(17)18/h1-4H,(H,15,16). The first kappa shape index (κ1) is 12.2. The molecule has 9 heteroatoms. The zero-order valence-electron chi connectivity index (χ0n) is 8.65. The fraction of sp³-hybridized carbons (Fsp3) is 0. The number of nitrogens with zero attached hydrogens (tertiary/aromatic N) is 4. The molecule has 0 radical (unpaired) electrons. The largest absolute Gasteiger partial charge is 0.478 e. The van der Waals surface area contributed by atoms with E-state index in [1.54, 1.807) is 0 Å². The van der Waals surface area contributed by atoms with Crippen molar-refractivity contribution in [2.45, 2.75) is 0 Å². The third-order valence-electron chi connectivity index (χ3n) is 2.04. The Kier molecular flexibility index (Phi) is 3.06. The SMILES string of the molecule is O=C(O)c1cc(Br)cnc1-n1ccc([N+](=O)[O-])n1. The minimum Gasteiger partial charge on any atom is -0.478 e. The molecule has 0 amide bonds. The Morgan fingerprint density at radius 2 is 2.28 bits per heavy atom. The van der Waals surface area contributed by atoms with Crippen molar-refractivity contribution in [3.8, 4) is 5.82 Å². The van der Waals surface area contributed by atoms with Gasteiger partial charge in [-0.3, -0.25) is 0 Å². The number of aromatic carboxylic acids is 1. The number of carbonyl (C=O) groups is 1. The van der Waals surface area contributed by atoms with Crippen LogP contribution in [0.3, 0.4) is 0 Å². The van der Waals surface area contributed by atoms with Gasteiger partial charge in [-0.2, -0.15) is 0 Å². The van der Waals surface area contributed by atoms with Crippen molar-refractivity contribution in [2.24, 2.45) is 0 Å². The molecular weight excluding hydrogens is 308 g/mol. The monoisotopic (exact) mass is 312 g/mol. The van der Waals surface area contributed by atoms with Gasteiger partial charge in [0.1, 0.15) is 5.56 Å². The van der Waals surface area contributed by atoms with Crippen LogP contribution in [0.4, 0.5) is 5.82 Å². The Morgan fingerprint density at radius 1 is 1.56 bits per heavy atom. The molecule has 0 aromatic carbocycles. The molecule has 2 aromatic heterocycles. The lowest BCUT2D eigenvalue weighted by Crippen LogP contribution is -2.08. The molecule has 2 aromatic rings. The van der Waals surface area contributed by atoms with Crippen molar-refractivity contribution >= 4 is 27.7 Å². The molecule has 0 unspecified atom stereocenters. The normalized spacial score (nSPS) is 10.3. The predicted octanol–water partition coefficient (Wildman–Crippen LogP) is 1.64. The summed E-state index contributed by atoms with van der Waals surface area (Å²) in [5.41, 5.74) is -0.109. The minimum absolute atomic E-state index is 0.0128. The molecule has 2 heterocycles. The van der Waals surface area contributed by atoms with Crippen LogP contribution in [-0.2, 0) is 0 Å². The molecule has 0 aliphatic heterocycles. The molecule has 0 atom stereocenters. The number of hydrogen-bond acceptors (Lipinski definition) is 5. The second kappa shape index (κ2) is 4.53. The van der Waals surface area contributed by atoms with Gasteiger partial charge in [-0.25, -0.2) is 9.78 Å². The quantitative estimate of drug-likeness (QED) is 0.681. The predicted molar refractivity (Wildman–Crippen MR) is 62.7 cm³/mol. The number of aromatic nitrogens is 3. The van der Waals surface area contributed by atoms with E-state index in [1.807, 2.05) is 0 Å². The van der Waals surface area contributed by atoms with Crippen molar-refractivity contribution in [2.75, 3.05) is 0 Å². The number of carboxylic acid groups (broad SMARTS) is 1. The Bertz CT molecular complexity index is 639. The van der Waals surface area contributed by atoms with Crippen LogP contribution in [0.15, 0.2) is 29.0 Å². The van der Waals surface area contributed by atoms with Crippen LogP contribution >= 0.6 is 15.9 Å². The second-order valence-corrected chi connectivity index (χ2v) is 4.12. The zero-order valence-corrected chi connectivity index (χ0v) is 10.2. The summed E-state index contributed by atoms with van der Waals surface area (Å²) in [6.07, 6.45) is 2.66. The number of halogens is 1. The van der Waals surface area contributed by atoms with Crippen LogP contribution in [0.25, 0.3) is 5.82 Å². The Morgan fingerprint density at radius 3 is 2.83 bits per heavy atom. The smallest absolute Gasteiger partial charge is 0.390 e. The van der Waals surface area contributed by atoms with Crippen molar-refractivity contribution < 1.29 is 14.8 Å². The van der Waals surface area contributed by atoms with Gasteiger partial charge in [0.25, 0.3) is 0 Å². The average molecular weight is 313 g/mol. The molecule has 0 saturated heterocycles. The van der Waals surface area contributed by atoms with Crippen LogP contribution in [0.1, 0.15) is 10.4 Å². The van der Waals surface area contributed by atoms with Gasteiger partial charge >= 0.3 is 11.8 Å². The fourth-order valence-electron chi connectivity index (χ4n) is 1.30. The molecule has 0 aliphatic rings. The van der Waals surface area contributed by atoms with E-state index in [9.17, 15) is 14.9 Å². The van der Waals surface area contributed by atoms with Crippen LogP contribution in [0.5, 0.6) is 0 Å². The molecule has 8 nitrogen and oxygen atoms in total. The summed E-state index contributed by atoms with van der Waals surface area (Å²) in [5, 5.41) is 23.2. The average Bonchev–Trinajstić information content (AvgIpc) is 2.78. The maximum absolute atomic E-state index is 11.1. The highest BCUT2D eigenvalue weighted by molar-refractivity contribution is 9.10. The van der Waals surface area contributed by atoms with E-state index < -0.39 is 10.9 Å². The van der Waals surface area contributed by atoms with Gasteiger partial charge in [0.05, 0.1) is 17.4 Å². The summed E-state index contributed by atoms with van der Waals surface area (Å²) in [6.45, 7) is 0. The second-order valence-electron chi connectivity index (χ2n) is 3.21. The van der Waals surface area contributed by atoms with Gasteiger partial charge in [-0.1, -0.05) is 0 Å². The van der Waals surface area contributed by atoms with Crippen LogP contribution in [0.2, 0.25) is 0 Å². The lowest BCUT2D eigenvalue weighted by atomic mass is 10.2. The van der Waals surface area contributed by atoms with E-state index in [0.717, 1.165) is 10.7 Å². The molecule has 1 N–H and O–H groups in total. The summed E-state index contributed by atoms with van der Waals surface area (Å²) < 4.78 is 1.54. The van der Waals surface area contributed by atoms with Crippen molar-refractivity contribution in [3.63, 3.8) is 0 Å². The molecule has 92 valence electrons. The van der Waals surface area contributed by atoms with E-state index >= 15 is 0 Å². The maximum Gasteiger partial charge on any atom is 0.390 e. The van der Waals surface area contributed by atoms with Crippen LogP contribution < -0.4 is 0 Å².